The van der Waals surface area contributed by atoms with Crippen molar-refractivity contribution in [2.75, 3.05) is 11.4 Å². The molecule has 4 aromatic rings. The van der Waals surface area contributed by atoms with Gasteiger partial charge in [-0.15, -0.1) is 11.3 Å². The molecule has 2 heterocycles. The zero-order valence-corrected chi connectivity index (χ0v) is 20.0. The van der Waals surface area contributed by atoms with Gasteiger partial charge in [0.2, 0.25) is 11.8 Å². The molecule has 0 unspecified atom stereocenters. The van der Waals surface area contributed by atoms with Crippen LogP contribution in [0.2, 0.25) is 0 Å². The molecule has 0 aliphatic carbocycles. The lowest BCUT2D eigenvalue weighted by Gasteiger charge is -2.23. The SMILES string of the molecule is Cc1ccc(-c2csc3ncn(CCC(=O)N(CCC(N)=O)c4cccc(C)c4)c(=O)c23)cc1. The van der Waals surface area contributed by atoms with Crippen LogP contribution in [0.1, 0.15) is 24.0 Å². The first-order chi connectivity index (χ1) is 16.3. The van der Waals surface area contributed by atoms with Crippen molar-refractivity contribution in [3.8, 4) is 11.1 Å². The predicted molar refractivity (Wildman–Crippen MR) is 136 cm³/mol. The Kier molecular flexibility index (Phi) is 6.88. The average molecular weight is 475 g/mol. The van der Waals surface area contributed by atoms with Crippen LogP contribution in [-0.2, 0) is 16.1 Å². The largest absolute Gasteiger partial charge is 0.370 e. The molecule has 2 aromatic carbocycles. The lowest BCUT2D eigenvalue weighted by atomic mass is 10.1. The van der Waals surface area contributed by atoms with E-state index in [9.17, 15) is 14.4 Å². The molecular formula is C26H26N4O3S. The van der Waals surface area contributed by atoms with Crippen LogP contribution >= 0.6 is 11.3 Å². The van der Waals surface area contributed by atoms with Gasteiger partial charge in [0.1, 0.15) is 4.83 Å². The van der Waals surface area contributed by atoms with E-state index in [2.05, 4.69) is 4.98 Å². The predicted octanol–water partition coefficient (Wildman–Crippen LogP) is 4.04. The van der Waals surface area contributed by atoms with Crippen molar-refractivity contribution in [3.63, 3.8) is 0 Å². The van der Waals surface area contributed by atoms with E-state index in [1.165, 1.54) is 22.2 Å². The van der Waals surface area contributed by atoms with Crippen molar-refractivity contribution in [2.45, 2.75) is 33.2 Å². The summed E-state index contributed by atoms with van der Waals surface area (Å²) in [5.41, 5.74) is 9.80. The second-order valence-corrected chi connectivity index (χ2v) is 9.15. The Morgan fingerprint density at radius 1 is 1.06 bits per heavy atom. The Morgan fingerprint density at radius 3 is 2.53 bits per heavy atom. The molecule has 2 amide bonds. The van der Waals surface area contributed by atoms with Crippen molar-refractivity contribution < 1.29 is 9.59 Å². The summed E-state index contributed by atoms with van der Waals surface area (Å²) >= 11 is 1.43. The van der Waals surface area contributed by atoms with Gasteiger partial charge < -0.3 is 10.6 Å². The number of benzene rings is 2. The van der Waals surface area contributed by atoms with E-state index in [0.717, 1.165) is 22.3 Å². The number of carbonyl (C=O) groups is 2. The highest BCUT2D eigenvalue weighted by atomic mass is 32.1. The number of rotatable bonds is 8. The van der Waals surface area contributed by atoms with Crippen LogP contribution in [0.5, 0.6) is 0 Å². The van der Waals surface area contributed by atoms with Crippen LogP contribution in [0.3, 0.4) is 0 Å². The van der Waals surface area contributed by atoms with Crippen LogP contribution in [0, 0.1) is 13.8 Å². The van der Waals surface area contributed by atoms with Crippen LogP contribution in [0.25, 0.3) is 21.3 Å². The number of carbonyl (C=O) groups excluding carboxylic acids is 2. The van der Waals surface area contributed by atoms with Gasteiger partial charge in [0.15, 0.2) is 0 Å². The van der Waals surface area contributed by atoms with Gasteiger partial charge in [0, 0.05) is 42.6 Å². The standard InChI is InChI=1S/C26H26N4O3S/c1-17-6-8-19(9-7-17)21-15-34-25-24(21)26(33)29(16-28-25)12-11-23(32)30(13-10-22(27)31)20-5-3-4-18(2)14-20/h3-9,14-16H,10-13H2,1-2H3,(H2,27,31). The first-order valence-corrected chi connectivity index (χ1v) is 11.9. The fourth-order valence-corrected chi connectivity index (χ4v) is 4.75. The molecule has 0 bridgehead atoms. The van der Waals surface area contributed by atoms with E-state index in [1.54, 1.807) is 4.90 Å². The Hall–Kier alpha value is -3.78. The highest BCUT2D eigenvalue weighted by Crippen LogP contribution is 2.30. The number of hydrogen-bond donors (Lipinski definition) is 1. The van der Waals surface area contributed by atoms with Gasteiger partial charge in [-0.3, -0.25) is 19.0 Å². The fourth-order valence-electron chi connectivity index (χ4n) is 3.84. The molecule has 0 aliphatic heterocycles. The van der Waals surface area contributed by atoms with Crippen molar-refractivity contribution in [2.24, 2.45) is 5.73 Å². The molecule has 0 saturated carbocycles. The van der Waals surface area contributed by atoms with Crippen molar-refractivity contribution in [1.82, 2.24) is 9.55 Å². The highest BCUT2D eigenvalue weighted by Gasteiger charge is 2.18. The smallest absolute Gasteiger partial charge is 0.262 e. The third-order valence-electron chi connectivity index (χ3n) is 5.69. The van der Waals surface area contributed by atoms with Gasteiger partial charge in [0.05, 0.1) is 11.7 Å². The van der Waals surface area contributed by atoms with E-state index >= 15 is 0 Å². The van der Waals surface area contributed by atoms with Gasteiger partial charge in [-0.2, -0.15) is 0 Å². The molecule has 7 nitrogen and oxygen atoms in total. The van der Waals surface area contributed by atoms with Crippen molar-refractivity contribution in [3.05, 3.63) is 81.7 Å². The lowest BCUT2D eigenvalue weighted by Crippen LogP contribution is -2.35. The Balaban J connectivity index is 1.59. The number of hydrogen-bond acceptors (Lipinski definition) is 5. The van der Waals surface area contributed by atoms with Crippen molar-refractivity contribution in [1.29, 1.82) is 0 Å². The molecule has 0 aliphatic rings. The zero-order valence-electron chi connectivity index (χ0n) is 19.2. The molecule has 174 valence electrons. The molecule has 2 aromatic heterocycles. The van der Waals surface area contributed by atoms with Gasteiger partial charge in [0.25, 0.3) is 5.56 Å². The first kappa shape index (κ1) is 23.4. The fraction of sp³-hybridized carbons (Fsp3) is 0.231. The number of aromatic nitrogens is 2. The summed E-state index contributed by atoms with van der Waals surface area (Å²) < 4.78 is 1.48. The molecule has 8 heteroatoms. The first-order valence-electron chi connectivity index (χ1n) is 11.0. The van der Waals surface area contributed by atoms with Gasteiger partial charge in [-0.05, 0) is 37.1 Å². The Bertz CT molecular complexity index is 1410. The van der Waals surface area contributed by atoms with E-state index in [4.69, 9.17) is 5.73 Å². The topological polar surface area (TPSA) is 98.3 Å². The van der Waals surface area contributed by atoms with Crippen molar-refractivity contribution >= 4 is 39.1 Å². The van der Waals surface area contributed by atoms with Crippen LogP contribution in [0.15, 0.2) is 65.0 Å². The summed E-state index contributed by atoms with van der Waals surface area (Å²) in [4.78, 5) is 44.5. The second-order valence-electron chi connectivity index (χ2n) is 8.29. The summed E-state index contributed by atoms with van der Waals surface area (Å²) in [6.45, 7) is 4.33. The minimum absolute atomic E-state index is 0.0575. The number of thiophene rings is 1. The minimum atomic E-state index is -0.475. The van der Waals surface area contributed by atoms with Crippen LogP contribution in [-0.4, -0.2) is 27.9 Å². The number of fused-ring (bicyclic) bond motifs is 1. The Labute approximate surface area is 201 Å². The summed E-state index contributed by atoms with van der Waals surface area (Å²) in [7, 11) is 0. The number of anilines is 1. The van der Waals surface area contributed by atoms with Gasteiger partial charge >= 0.3 is 0 Å². The second kappa shape index (κ2) is 10.0. The number of nitrogens with two attached hydrogens (primary N) is 1. The Morgan fingerprint density at radius 2 is 1.82 bits per heavy atom. The zero-order chi connectivity index (χ0) is 24.2. The third kappa shape index (κ3) is 5.07. The summed E-state index contributed by atoms with van der Waals surface area (Å²) in [6.07, 6.45) is 1.64. The van der Waals surface area contributed by atoms with E-state index in [0.29, 0.717) is 15.9 Å². The lowest BCUT2D eigenvalue weighted by molar-refractivity contribution is -0.119. The molecule has 4 rings (SSSR count). The molecule has 2 N–H and O–H groups in total. The molecule has 34 heavy (non-hydrogen) atoms. The summed E-state index contributed by atoms with van der Waals surface area (Å²) in [5, 5.41) is 2.51. The molecule has 0 spiro atoms. The minimum Gasteiger partial charge on any atom is -0.370 e. The quantitative estimate of drug-likeness (QED) is 0.417. The third-order valence-corrected chi connectivity index (χ3v) is 6.57. The molecule has 0 fully saturated rings. The van der Waals surface area contributed by atoms with Gasteiger partial charge in [-0.1, -0.05) is 42.0 Å². The number of amides is 2. The molecule has 0 radical (unpaired) electrons. The number of nitrogens with zero attached hydrogens (tertiary/aromatic N) is 3. The molecule has 0 atom stereocenters. The maximum Gasteiger partial charge on any atom is 0.262 e. The van der Waals surface area contributed by atoms with E-state index in [1.807, 2.05) is 67.8 Å². The maximum atomic E-state index is 13.3. The maximum absolute atomic E-state index is 13.3. The molecule has 0 saturated heterocycles. The van der Waals surface area contributed by atoms with E-state index < -0.39 is 5.91 Å². The summed E-state index contributed by atoms with van der Waals surface area (Å²) in [5.74, 6) is -0.666. The van der Waals surface area contributed by atoms with Gasteiger partial charge in [-0.25, -0.2) is 4.98 Å². The number of aryl methyl sites for hydroxylation is 3. The number of primary amides is 1. The van der Waals surface area contributed by atoms with Crippen LogP contribution in [0.4, 0.5) is 5.69 Å². The summed E-state index contributed by atoms with van der Waals surface area (Å²) in [6, 6.07) is 15.5. The van der Waals surface area contributed by atoms with Crippen LogP contribution < -0.4 is 16.2 Å². The van der Waals surface area contributed by atoms with E-state index in [-0.39, 0.29) is 37.4 Å². The normalized spacial score (nSPS) is 11.0. The molecular weight excluding hydrogens is 448 g/mol. The monoisotopic (exact) mass is 474 g/mol. The average Bonchev–Trinajstić information content (AvgIpc) is 3.24. The highest BCUT2D eigenvalue weighted by molar-refractivity contribution is 7.17.